The largest absolute Gasteiger partial charge is 0.367 e. The quantitative estimate of drug-likeness (QED) is 0.775. The summed E-state index contributed by atoms with van der Waals surface area (Å²) in [4.78, 5) is 17.4. The molecule has 0 saturated carbocycles. The SMILES string of the molecule is CC1(C)OCC(CNc2cc(=O)[nH]cn2)O1. The molecule has 0 aliphatic carbocycles. The van der Waals surface area contributed by atoms with Gasteiger partial charge in [0, 0.05) is 12.6 Å². The van der Waals surface area contributed by atoms with Crippen molar-refractivity contribution in [1.82, 2.24) is 9.97 Å². The van der Waals surface area contributed by atoms with E-state index in [9.17, 15) is 4.79 Å². The lowest BCUT2D eigenvalue weighted by Gasteiger charge is -2.17. The second-order valence-corrected chi connectivity index (χ2v) is 4.13. The van der Waals surface area contributed by atoms with Gasteiger partial charge in [0.1, 0.15) is 11.9 Å². The lowest BCUT2D eigenvalue weighted by Crippen LogP contribution is -2.26. The second-order valence-electron chi connectivity index (χ2n) is 4.13. The molecule has 1 unspecified atom stereocenters. The Balaban J connectivity index is 1.87. The van der Waals surface area contributed by atoms with Gasteiger partial charge in [-0.05, 0) is 13.8 Å². The molecule has 0 spiro atoms. The number of nitrogens with one attached hydrogen (secondary N) is 2. The van der Waals surface area contributed by atoms with Crippen LogP contribution < -0.4 is 10.9 Å². The van der Waals surface area contributed by atoms with Crippen LogP contribution in [0.1, 0.15) is 13.8 Å². The first-order valence-electron chi connectivity index (χ1n) is 5.15. The fraction of sp³-hybridized carbons (Fsp3) is 0.600. The number of H-pyrrole nitrogens is 1. The first-order valence-corrected chi connectivity index (χ1v) is 5.15. The number of anilines is 1. The minimum Gasteiger partial charge on any atom is -0.367 e. The van der Waals surface area contributed by atoms with E-state index in [2.05, 4.69) is 15.3 Å². The molecule has 16 heavy (non-hydrogen) atoms. The van der Waals surface area contributed by atoms with Gasteiger partial charge in [0.05, 0.1) is 12.9 Å². The summed E-state index contributed by atoms with van der Waals surface area (Å²) in [6, 6.07) is 1.40. The number of nitrogens with zero attached hydrogens (tertiary/aromatic N) is 1. The van der Waals surface area contributed by atoms with E-state index in [0.717, 1.165) is 0 Å². The van der Waals surface area contributed by atoms with Crippen LogP contribution in [0.2, 0.25) is 0 Å². The smallest absolute Gasteiger partial charge is 0.252 e. The van der Waals surface area contributed by atoms with Crippen molar-refractivity contribution in [1.29, 1.82) is 0 Å². The van der Waals surface area contributed by atoms with Crippen LogP contribution in [-0.2, 0) is 9.47 Å². The molecule has 0 amide bonds. The first kappa shape index (κ1) is 11.1. The third-order valence-electron chi connectivity index (χ3n) is 2.26. The Morgan fingerprint density at radius 1 is 1.69 bits per heavy atom. The van der Waals surface area contributed by atoms with Crippen LogP contribution in [0.5, 0.6) is 0 Å². The zero-order chi connectivity index (χ0) is 11.6. The Hall–Kier alpha value is -1.40. The molecule has 0 radical (unpaired) electrons. The summed E-state index contributed by atoms with van der Waals surface area (Å²) in [5.74, 6) is 0.0190. The summed E-state index contributed by atoms with van der Waals surface area (Å²) in [6.45, 7) is 4.86. The van der Waals surface area contributed by atoms with Gasteiger partial charge in [-0.2, -0.15) is 0 Å². The van der Waals surface area contributed by atoms with Gasteiger partial charge in [-0.15, -0.1) is 0 Å². The average molecular weight is 225 g/mol. The Bertz CT molecular complexity index is 416. The molecule has 1 fully saturated rings. The number of hydrogen-bond donors (Lipinski definition) is 2. The standard InChI is InChI=1S/C10H15N3O3/c1-10(2)15-5-7(16-10)4-11-8-3-9(14)13-6-12-8/h3,6-7H,4-5H2,1-2H3,(H2,11,12,13,14). The number of hydrogen-bond acceptors (Lipinski definition) is 5. The van der Waals surface area contributed by atoms with E-state index in [1.165, 1.54) is 12.4 Å². The summed E-state index contributed by atoms with van der Waals surface area (Å²) in [6.07, 6.45) is 1.34. The Morgan fingerprint density at radius 3 is 3.12 bits per heavy atom. The van der Waals surface area contributed by atoms with Crippen molar-refractivity contribution >= 4 is 5.82 Å². The van der Waals surface area contributed by atoms with Crippen LogP contribution in [0, 0.1) is 0 Å². The van der Waals surface area contributed by atoms with Crippen molar-refractivity contribution in [3.8, 4) is 0 Å². The second kappa shape index (κ2) is 4.23. The minimum absolute atomic E-state index is 0.0175. The predicted octanol–water partition coefficient (Wildman–Crippen LogP) is 0.333. The molecular formula is C10H15N3O3. The average Bonchev–Trinajstić information content (AvgIpc) is 2.56. The van der Waals surface area contributed by atoms with Crippen LogP contribution in [0.3, 0.4) is 0 Å². The summed E-state index contributed by atoms with van der Waals surface area (Å²) >= 11 is 0. The molecule has 2 rings (SSSR count). The lowest BCUT2D eigenvalue weighted by molar-refractivity contribution is -0.136. The van der Waals surface area contributed by atoms with Crippen molar-refractivity contribution in [2.24, 2.45) is 0 Å². The van der Waals surface area contributed by atoms with E-state index in [4.69, 9.17) is 9.47 Å². The zero-order valence-electron chi connectivity index (χ0n) is 9.32. The van der Waals surface area contributed by atoms with Gasteiger partial charge in [0.25, 0.3) is 5.56 Å². The molecule has 0 bridgehead atoms. The van der Waals surface area contributed by atoms with Crippen LogP contribution in [0.4, 0.5) is 5.82 Å². The Kier molecular flexibility index (Phi) is 2.93. The zero-order valence-corrected chi connectivity index (χ0v) is 9.32. The van der Waals surface area contributed by atoms with E-state index in [1.807, 2.05) is 13.8 Å². The summed E-state index contributed by atoms with van der Waals surface area (Å²) < 4.78 is 11.0. The molecule has 1 aromatic heterocycles. The summed E-state index contributed by atoms with van der Waals surface area (Å²) in [5.41, 5.74) is -0.179. The van der Waals surface area contributed by atoms with Crippen molar-refractivity contribution in [2.75, 3.05) is 18.5 Å². The normalized spacial score (nSPS) is 23.2. The third kappa shape index (κ3) is 2.80. The van der Waals surface area contributed by atoms with Crippen LogP contribution in [-0.4, -0.2) is 35.0 Å². The molecule has 1 aliphatic heterocycles. The van der Waals surface area contributed by atoms with E-state index in [-0.39, 0.29) is 11.7 Å². The van der Waals surface area contributed by atoms with E-state index >= 15 is 0 Å². The first-order chi connectivity index (χ1) is 7.55. The maximum absolute atomic E-state index is 11.0. The highest BCUT2D eigenvalue weighted by molar-refractivity contribution is 5.31. The lowest BCUT2D eigenvalue weighted by atomic mass is 10.3. The van der Waals surface area contributed by atoms with E-state index < -0.39 is 5.79 Å². The van der Waals surface area contributed by atoms with Gasteiger partial charge in [0.15, 0.2) is 5.79 Å². The van der Waals surface area contributed by atoms with Gasteiger partial charge in [-0.1, -0.05) is 0 Å². The van der Waals surface area contributed by atoms with Crippen molar-refractivity contribution in [3.63, 3.8) is 0 Å². The summed E-state index contributed by atoms with van der Waals surface area (Å²) in [5, 5.41) is 3.03. The molecule has 2 N–H and O–H groups in total. The molecular weight excluding hydrogens is 210 g/mol. The molecule has 88 valence electrons. The van der Waals surface area contributed by atoms with Gasteiger partial charge in [0.2, 0.25) is 0 Å². The molecule has 1 aliphatic rings. The minimum atomic E-state index is -0.520. The fourth-order valence-electron chi connectivity index (χ4n) is 1.55. The van der Waals surface area contributed by atoms with Crippen LogP contribution in [0.15, 0.2) is 17.2 Å². The van der Waals surface area contributed by atoms with Crippen LogP contribution in [0.25, 0.3) is 0 Å². The molecule has 1 atom stereocenters. The summed E-state index contributed by atoms with van der Waals surface area (Å²) in [7, 11) is 0. The molecule has 2 heterocycles. The molecule has 6 heteroatoms. The van der Waals surface area contributed by atoms with Crippen molar-refractivity contribution < 1.29 is 9.47 Å². The van der Waals surface area contributed by atoms with Gasteiger partial charge < -0.3 is 19.8 Å². The Labute approximate surface area is 93.0 Å². The number of aromatic nitrogens is 2. The maximum atomic E-state index is 11.0. The van der Waals surface area contributed by atoms with Crippen molar-refractivity contribution in [3.05, 3.63) is 22.7 Å². The predicted molar refractivity (Wildman–Crippen MR) is 58.3 cm³/mol. The monoisotopic (exact) mass is 225 g/mol. The highest BCUT2D eigenvalue weighted by Crippen LogP contribution is 2.22. The molecule has 1 aromatic rings. The van der Waals surface area contributed by atoms with Gasteiger partial charge in [-0.3, -0.25) is 4.79 Å². The number of aromatic amines is 1. The number of rotatable bonds is 3. The molecule has 1 saturated heterocycles. The highest BCUT2D eigenvalue weighted by atomic mass is 16.7. The fourth-order valence-corrected chi connectivity index (χ4v) is 1.55. The topological polar surface area (TPSA) is 76.2 Å². The third-order valence-corrected chi connectivity index (χ3v) is 2.26. The Morgan fingerprint density at radius 2 is 2.50 bits per heavy atom. The highest BCUT2D eigenvalue weighted by Gasteiger charge is 2.32. The van der Waals surface area contributed by atoms with Gasteiger partial charge in [-0.25, -0.2) is 4.98 Å². The van der Waals surface area contributed by atoms with E-state index in [0.29, 0.717) is 19.0 Å². The molecule has 0 aromatic carbocycles. The van der Waals surface area contributed by atoms with Gasteiger partial charge >= 0.3 is 0 Å². The van der Waals surface area contributed by atoms with E-state index in [1.54, 1.807) is 0 Å². The maximum Gasteiger partial charge on any atom is 0.252 e. The van der Waals surface area contributed by atoms with Crippen LogP contribution >= 0.6 is 0 Å². The number of ether oxygens (including phenoxy) is 2. The molecule has 6 nitrogen and oxygen atoms in total. The van der Waals surface area contributed by atoms with Crippen molar-refractivity contribution in [2.45, 2.75) is 25.7 Å².